The van der Waals surface area contributed by atoms with Crippen LogP contribution < -0.4 is 5.32 Å². The number of aryl methyl sites for hydroxylation is 1. The van der Waals surface area contributed by atoms with Gasteiger partial charge in [0.15, 0.2) is 5.13 Å². The molecule has 1 aliphatic rings. The van der Waals surface area contributed by atoms with Crippen molar-refractivity contribution in [3.8, 4) is 0 Å². The number of halogens is 1. The summed E-state index contributed by atoms with van der Waals surface area (Å²) < 4.78 is 14.0. The van der Waals surface area contributed by atoms with E-state index in [0.29, 0.717) is 22.5 Å². The number of anilines is 1. The summed E-state index contributed by atoms with van der Waals surface area (Å²) in [4.78, 5) is 22.1. The van der Waals surface area contributed by atoms with Crippen LogP contribution in [0.25, 0.3) is 0 Å². The second-order valence-electron chi connectivity index (χ2n) is 6.67. The molecule has 0 unspecified atom stereocenters. The summed E-state index contributed by atoms with van der Waals surface area (Å²) in [5.41, 5.74) is 2.29. The van der Waals surface area contributed by atoms with Crippen LogP contribution in [-0.2, 0) is 17.8 Å². The Balaban J connectivity index is 1.59. The first-order valence-electron chi connectivity index (χ1n) is 8.56. The second-order valence-corrected chi connectivity index (χ2v) is 7.75. The first kappa shape index (κ1) is 17.9. The Morgan fingerprint density at radius 1 is 1.48 bits per heavy atom. The van der Waals surface area contributed by atoms with Crippen LogP contribution in [0.2, 0.25) is 0 Å². The van der Waals surface area contributed by atoms with Crippen molar-refractivity contribution in [1.82, 2.24) is 14.9 Å². The summed E-state index contributed by atoms with van der Waals surface area (Å²) in [7, 11) is 0. The molecular weight excluding hydrogens is 339 g/mol. The third-order valence-corrected chi connectivity index (χ3v) is 5.33. The van der Waals surface area contributed by atoms with Crippen molar-refractivity contribution in [1.29, 1.82) is 0 Å². The number of hydrogen-bond acceptors (Lipinski definition) is 5. The largest absolute Gasteiger partial charge is 0.302 e. The fourth-order valence-corrected chi connectivity index (χ4v) is 4.18. The third-order valence-electron chi connectivity index (χ3n) is 4.40. The molecule has 2 aromatic rings. The number of hydrogen-bond donors (Lipinski definition) is 1. The standard InChI is InChI=1S/C18H23FN4OS/c1-12-5-6-14(9-20-12)8-15-4-3-7-23(10-15)11-16-17(19)22-18(25-16)21-13(2)24/h5-6,9,15H,3-4,7-8,10-11H2,1-2H3,(H,21,22,24)/t15-/m1/s1. The molecule has 2 aromatic heterocycles. The number of likely N-dealkylation sites (tertiary alicyclic amines) is 1. The van der Waals surface area contributed by atoms with Gasteiger partial charge in [-0.25, -0.2) is 0 Å². The summed E-state index contributed by atoms with van der Waals surface area (Å²) in [6.07, 6.45) is 5.26. The molecule has 1 amide bonds. The number of nitrogens with one attached hydrogen (secondary N) is 1. The van der Waals surface area contributed by atoms with E-state index in [1.807, 2.05) is 19.2 Å². The van der Waals surface area contributed by atoms with Crippen molar-refractivity contribution in [2.75, 3.05) is 18.4 Å². The molecule has 1 aliphatic heterocycles. The predicted molar refractivity (Wildman–Crippen MR) is 97.1 cm³/mol. The summed E-state index contributed by atoms with van der Waals surface area (Å²) >= 11 is 1.22. The van der Waals surface area contributed by atoms with Gasteiger partial charge in [-0.2, -0.15) is 9.37 Å². The first-order valence-corrected chi connectivity index (χ1v) is 9.38. The van der Waals surface area contributed by atoms with Gasteiger partial charge in [-0.3, -0.25) is 14.7 Å². The lowest BCUT2D eigenvalue weighted by molar-refractivity contribution is -0.114. The number of aromatic nitrogens is 2. The smallest absolute Gasteiger partial charge is 0.230 e. The average molecular weight is 362 g/mol. The minimum absolute atomic E-state index is 0.231. The van der Waals surface area contributed by atoms with Crippen LogP contribution in [0, 0.1) is 18.8 Å². The zero-order valence-electron chi connectivity index (χ0n) is 14.6. The quantitative estimate of drug-likeness (QED) is 0.886. The van der Waals surface area contributed by atoms with Crippen LogP contribution in [-0.4, -0.2) is 33.9 Å². The van der Waals surface area contributed by atoms with Crippen molar-refractivity contribution < 1.29 is 9.18 Å². The summed E-state index contributed by atoms with van der Waals surface area (Å²) in [5.74, 6) is -0.146. The van der Waals surface area contributed by atoms with E-state index in [1.165, 1.54) is 30.2 Å². The molecule has 1 saturated heterocycles. The Morgan fingerprint density at radius 2 is 2.32 bits per heavy atom. The van der Waals surface area contributed by atoms with Crippen LogP contribution in [0.4, 0.5) is 9.52 Å². The van der Waals surface area contributed by atoms with E-state index in [1.54, 1.807) is 0 Å². The van der Waals surface area contributed by atoms with E-state index in [9.17, 15) is 9.18 Å². The Bertz CT molecular complexity index is 731. The summed E-state index contributed by atoms with van der Waals surface area (Å²) in [6, 6.07) is 4.19. The molecule has 3 rings (SSSR count). The molecule has 1 atom stereocenters. The zero-order valence-corrected chi connectivity index (χ0v) is 15.4. The maximum Gasteiger partial charge on any atom is 0.230 e. The third kappa shape index (κ3) is 5.06. The number of amides is 1. The van der Waals surface area contributed by atoms with Crippen LogP contribution in [0.15, 0.2) is 18.3 Å². The van der Waals surface area contributed by atoms with Gasteiger partial charge in [0.2, 0.25) is 11.9 Å². The van der Waals surface area contributed by atoms with Gasteiger partial charge in [-0.15, -0.1) is 0 Å². The molecule has 5 nitrogen and oxygen atoms in total. The number of carbonyl (C=O) groups is 1. The lowest BCUT2D eigenvalue weighted by Crippen LogP contribution is -2.35. The van der Waals surface area contributed by atoms with Gasteiger partial charge in [0.05, 0.1) is 4.88 Å². The molecule has 3 heterocycles. The highest BCUT2D eigenvalue weighted by Crippen LogP contribution is 2.27. The highest BCUT2D eigenvalue weighted by molar-refractivity contribution is 7.15. The van der Waals surface area contributed by atoms with Crippen molar-refractivity contribution in [2.45, 2.75) is 39.7 Å². The lowest BCUT2D eigenvalue weighted by Gasteiger charge is -2.32. The molecule has 7 heteroatoms. The summed E-state index contributed by atoms with van der Waals surface area (Å²) in [6.45, 7) is 5.85. The van der Waals surface area contributed by atoms with Crippen LogP contribution in [0.1, 0.15) is 35.9 Å². The molecule has 25 heavy (non-hydrogen) atoms. The number of rotatable bonds is 5. The highest BCUT2D eigenvalue weighted by Gasteiger charge is 2.22. The van der Waals surface area contributed by atoms with Crippen molar-refractivity contribution in [3.63, 3.8) is 0 Å². The fraction of sp³-hybridized carbons (Fsp3) is 0.500. The number of nitrogens with zero attached hydrogens (tertiary/aromatic N) is 3. The zero-order chi connectivity index (χ0) is 17.8. The van der Waals surface area contributed by atoms with Gasteiger partial charge in [0, 0.05) is 31.9 Å². The molecule has 0 aliphatic carbocycles. The van der Waals surface area contributed by atoms with Crippen molar-refractivity contribution in [3.05, 3.63) is 40.4 Å². The Morgan fingerprint density at radius 3 is 3.04 bits per heavy atom. The molecule has 0 radical (unpaired) electrons. The highest BCUT2D eigenvalue weighted by atomic mass is 32.1. The Labute approximate surface area is 151 Å². The van der Waals surface area contributed by atoms with E-state index in [0.717, 1.165) is 31.6 Å². The van der Waals surface area contributed by atoms with E-state index in [4.69, 9.17) is 0 Å². The van der Waals surface area contributed by atoms with E-state index >= 15 is 0 Å². The molecule has 0 spiro atoms. The lowest BCUT2D eigenvalue weighted by atomic mass is 9.92. The van der Waals surface area contributed by atoms with Gasteiger partial charge in [0.25, 0.3) is 0 Å². The van der Waals surface area contributed by atoms with Gasteiger partial charge in [-0.05, 0) is 50.3 Å². The van der Waals surface area contributed by atoms with Gasteiger partial charge in [0.1, 0.15) is 0 Å². The average Bonchev–Trinajstić information content (AvgIpc) is 2.88. The first-order chi connectivity index (χ1) is 12.0. The van der Waals surface area contributed by atoms with E-state index in [-0.39, 0.29) is 5.91 Å². The molecule has 1 fully saturated rings. The number of piperidine rings is 1. The number of thiazole rings is 1. The van der Waals surface area contributed by atoms with Crippen LogP contribution >= 0.6 is 11.3 Å². The maximum atomic E-state index is 14.0. The topological polar surface area (TPSA) is 58.1 Å². The van der Waals surface area contributed by atoms with Gasteiger partial charge >= 0.3 is 0 Å². The SMILES string of the molecule is CC(=O)Nc1nc(F)c(CN2CCC[C@H](Cc3ccc(C)nc3)C2)s1. The molecular formula is C18H23FN4OS. The predicted octanol–water partition coefficient (Wildman–Crippen LogP) is 3.40. The molecule has 1 N–H and O–H groups in total. The molecule has 0 saturated carbocycles. The van der Waals surface area contributed by atoms with E-state index in [2.05, 4.69) is 26.3 Å². The Kier molecular flexibility index (Phi) is 5.75. The van der Waals surface area contributed by atoms with Gasteiger partial charge < -0.3 is 5.32 Å². The fourth-order valence-electron chi connectivity index (χ4n) is 3.25. The normalized spacial score (nSPS) is 18.3. The van der Waals surface area contributed by atoms with Crippen LogP contribution in [0.5, 0.6) is 0 Å². The maximum absolute atomic E-state index is 14.0. The van der Waals surface area contributed by atoms with Crippen LogP contribution in [0.3, 0.4) is 0 Å². The molecule has 0 aromatic carbocycles. The minimum atomic E-state index is -0.474. The van der Waals surface area contributed by atoms with E-state index < -0.39 is 5.95 Å². The van der Waals surface area contributed by atoms with Gasteiger partial charge in [-0.1, -0.05) is 17.4 Å². The second kappa shape index (κ2) is 8.01. The molecule has 0 bridgehead atoms. The molecule has 134 valence electrons. The number of pyridine rings is 1. The Hall–Kier alpha value is -1.86. The van der Waals surface area contributed by atoms with Crippen molar-refractivity contribution >= 4 is 22.4 Å². The number of carbonyl (C=O) groups excluding carboxylic acids is 1. The monoisotopic (exact) mass is 362 g/mol. The van der Waals surface area contributed by atoms with Crippen molar-refractivity contribution in [2.24, 2.45) is 5.92 Å². The minimum Gasteiger partial charge on any atom is -0.302 e. The summed E-state index contributed by atoms with van der Waals surface area (Å²) in [5, 5.41) is 2.88.